The summed E-state index contributed by atoms with van der Waals surface area (Å²) >= 11 is 0. The van der Waals surface area contributed by atoms with Crippen molar-refractivity contribution in [3.63, 3.8) is 0 Å². The maximum absolute atomic E-state index is 12.2. The first kappa shape index (κ1) is 17.3. The number of alkyl carbamates (subject to hydrolysis) is 1. The Labute approximate surface area is 147 Å². The first-order valence-electron chi connectivity index (χ1n) is 8.38. The van der Waals surface area contributed by atoms with E-state index in [9.17, 15) is 9.59 Å². The maximum Gasteiger partial charge on any atom is 0.408 e. The summed E-state index contributed by atoms with van der Waals surface area (Å²) in [6.45, 7) is 3.86. The van der Waals surface area contributed by atoms with E-state index in [0.29, 0.717) is 13.1 Å². The van der Waals surface area contributed by atoms with Gasteiger partial charge in [-0.3, -0.25) is 9.79 Å². The summed E-state index contributed by atoms with van der Waals surface area (Å²) < 4.78 is 10.1. The van der Waals surface area contributed by atoms with Crippen molar-refractivity contribution in [1.82, 2.24) is 10.2 Å². The van der Waals surface area contributed by atoms with Gasteiger partial charge in [-0.1, -0.05) is 30.3 Å². The number of nitrogens with zero attached hydrogens (tertiary/aromatic N) is 2. The number of rotatable bonds is 4. The van der Waals surface area contributed by atoms with Gasteiger partial charge >= 0.3 is 12.1 Å². The number of nitrogens with one attached hydrogen (secondary N) is 1. The minimum absolute atomic E-state index is 0.226. The molecule has 2 aliphatic rings. The van der Waals surface area contributed by atoms with Crippen LogP contribution in [0.15, 0.2) is 35.3 Å². The number of carbonyl (C=O) groups is 2. The number of aliphatic imine (C=N–C) groups is 1. The monoisotopic (exact) mass is 345 g/mol. The molecule has 1 N–H and O–H groups in total. The average molecular weight is 345 g/mol. The molecule has 0 aromatic heterocycles. The van der Waals surface area contributed by atoms with Crippen molar-refractivity contribution in [2.75, 3.05) is 26.7 Å². The molecule has 1 aromatic rings. The molecule has 1 aromatic carbocycles. The zero-order valence-corrected chi connectivity index (χ0v) is 14.5. The van der Waals surface area contributed by atoms with E-state index in [4.69, 9.17) is 9.47 Å². The lowest BCUT2D eigenvalue weighted by Crippen LogP contribution is -2.54. The van der Waals surface area contributed by atoms with E-state index >= 15 is 0 Å². The second-order valence-corrected chi connectivity index (χ2v) is 6.60. The van der Waals surface area contributed by atoms with E-state index in [1.54, 1.807) is 0 Å². The van der Waals surface area contributed by atoms with Crippen molar-refractivity contribution in [2.24, 2.45) is 10.9 Å². The van der Waals surface area contributed by atoms with Crippen LogP contribution < -0.4 is 5.32 Å². The van der Waals surface area contributed by atoms with Gasteiger partial charge in [-0.2, -0.15) is 0 Å². The SMILES string of the molecule is COC(=O)[C@H]1CN=C2N(CC[C@@]2(C)NC(=O)OCc2ccccc2)C1. The lowest BCUT2D eigenvalue weighted by molar-refractivity contribution is -0.145. The molecule has 7 heteroatoms. The Balaban J connectivity index is 1.59. The van der Waals surface area contributed by atoms with E-state index in [0.717, 1.165) is 24.4 Å². The van der Waals surface area contributed by atoms with Gasteiger partial charge in [0.25, 0.3) is 0 Å². The topological polar surface area (TPSA) is 80.2 Å². The first-order chi connectivity index (χ1) is 12.0. The number of hydrogen-bond acceptors (Lipinski definition) is 6. The van der Waals surface area contributed by atoms with Gasteiger partial charge in [0.05, 0.1) is 25.1 Å². The van der Waals surface area contributed by atoms with E-state index < -0.39 is 11.6 Å². The van der Waals surface area contributed by atoms with Crippen LogP contribution in [-0.2, 0) is 20.9 Å². The lowest BCUT2D eigenvalue weighted by atomic mass is 9.99. The molecule has 1 fully saturated rings. The molecule has 0 spiro atoms. The zero-order chi connectivity index (χ0) is 17.9. The molecule has 2 aliphatic heterocycles. The third-order valence-electron chi connectivity index (χ3n) is 4.70. The van der Waals surface area contributed by atoms with Crippen molar-refractivity contribution in [2.45, 2.75) is 25.5 Å². The lowest BCUT2D eigenvalue weighted by Gasteiger charge is -2.33. The Bertz CT molecular complexity index is 676. The van der Waals surface area contributed by atoms with Crippen molar-refractivity contribution >= 4 is 17.9 Å². The number of amides is 1. The van der Waals surface area contributed by atoms with Gasteiger partial charge < -0.3 is 19.7 Å². The first-order valence-corrected chi connectivity index (χ1v) is 8.38. The third kappa shape index (κ3) is 3.75. The van der Waals surface area contributed by atoms with E-state index in [1.165, 1.54) is 7.11 Å². The molecule has 0 saturated carbocycles. The molecule has 0 bridgehead atoms. The van der Waals surface area contributed by atoms with Crippen LogP contribution in [0.2, 0.25) is 0 Å². The van der Waals surface area contributed by atoms with Gasteiger partial charge in [-0.15, -0.1) is 0 Å². The standard InChI is InChI=1S/C18H23N3O4/c1-18(20-17(23)25-12-13-6-4-3-5-7-13)8-9-21-11-14(15(22)24-2)10-19-16(18)21/h3-7,14H,8-12H2,1-2H3,(H,20,23)/t14-,18+/m0/s1. The number of amidine groups is 1. The van der Waals surface area contributed by atoms with Crippen molar-refractivity contribution < 1.29 is 19.1 Å². The molecular weight excluding hydrogens is 322 g/mol. The smallest absolute Gasteiger partial charge is 0.408 e. The van der Waals surface area contributed by atoms with Crippen molar-refractivity contribution in [3.05, 3.63) is 35.9 Å². The highest BCUT2D eigenvalue weighted by atomic mass is 16.5. The van der Waals surface area contributed by atoms with Crippen LogP contribution in [0.5, 0.6) is 0 Å². The van der Waals surface area contributed by atoms with Gasteiger partial charge in [-0.25, -0.2) is 4.79 Å². The van der Waals surface area contributed by atoms with Crippen LogP contribution in [0.4, 0.5) is 4.79 Å². The highest BCUT2D eigenvalue weighted by Gasteiger charge is 2.45. The second-order valence-electron chi connectivity index (χ2n) is 6.60. The molecular formula is C18H23N3O4. The molecule has 0 aliphatic carbocycles. The fraction of sp³-hybridized carbons (Fsp3) is 0.500. The highest BCUT2D eigenvalue weighted by Crippen LogP contribution is 2.28. The molecule has 2 atom stereocenters. The minimum atomic E-state index is -0.575. The normalized spacial score (nSPS) is 25.0. The number of ether oxygens (including phenoxy) is 2. The van der Waals surface area contributed by atoms with Crippen LogP contribution in [0.25, 0.3) is 0 Å². The number of benzene rings is 1. The Kier molecular flexibility index (Phi) is 4.92. The largest absolute Gasteiger partial charge is 0.469 e. The Morgan fingerprint density at radius 3 is 2.84 bits per heavy atom. The van der Waals surface area contributed by atoms with Gasteiger partial charge in [0.2, 0.25) is 0 Å². The summed E-state index contributed by atoms with van der Waals surface area (Å²) in [6, 6.07) is 9.54. The van der Waals surface area contributed by atoms with Crippen molar-refractivity contribution in [3.8, 4) is 0 Å². The zero-order valence-electron chi connectivity index (χ0n) is 14.5. The molecule has 3 rings (SSSR count). The Hall–Kier alpha value is -2.57. The predicted octanol–water partition coefficient (Wildman–Crippen LogP) is 1.58. The van der Waals surface area contributed by atoms with Crippen LogP contribution in [-0.4, -0.2) is 55.1 Å². The molecule has 1 amide bonds. The Morgan fingerprint density at radius 2 is 2.12 bits per heavy atom. The van der Waals surface area contributed by atoms with Crippen LogP contribution >= 0.6 is 0 Å². The molecule has 2 heterocycles. The summed E-state index contributed by atoms with van der Waals surface area (Å²) in [6.07, 6.45) is 0.256. The minimum Gasteiger partial charge on any atom is -0.469 e. The fourth-order valence-electron chi connectivity index (χ4n) is 3.32. The summed E-state index contributed by atoms with van der Waals surface area (Å²) in [4.78, 5) is 30.5. The number of fused-ring (bicyclic) bond motifs is 1. The molecule has 0 radical (unpaired) electrons. The highest BCUT2D eigenvalue weighted by molar-refractivity contribution is 5.97. The average Bonchev–Trinajstić information content (AvgIpc) is 2.96. The molecule has 0 unspecified atom stereocenters. The summed E-state index contributed by atoms with van der Waals surface area (Å²) in [5.74, 6) is 0.317. The van der Waals surface area contributed by atoms with E-state index in [1.807, 2.05) is 42.2 Å². The Morgan fingerprint density at radius 1 is 1.36 bits per heavy atom. The van der Waals surface area contributed by atoms with E-state index in [2.05, 4.69) is 10.3 Å². The second kappa shape index (κ2) is 7.13. The molecule has 7 nitrogen and oxygen atoms in total. The number of hydrogen-bond donors (Lipinski definition) is 1. The summed E-state index contributed by atoms with van der Waals surface area (Å²) in [5, 5.41) is 2.93. The van der Waals surface area contributed by atoms with Gasteiger partial charge in [0.15, 0.2) is 0 Å². The van der Waals surface area contributed by atoms with Crippen LogP contribution in [0.1, 0.15) is 18.9 Å². The summed E-state index contributed by atoms with van der Waals surface area (Å²) in [5.41, 5.74) is 0.362. The van der Waals surface area contributed by atoms with Gasteiger partial charge in [0.1, 0.15) is 12.4 Å². The number of esters is 1. The number of methoxy groups -OCH3 is 1. The van der Waals surface area contributed by atoms with Gasteiger partial charge in [0, 0.05) is 13.1 Å². The fourth-order valence-corrected chi connectivity index (χ4v) is 3.32. The quantitative estimate of drug-likeness (QED) is 0.838. The third-order valence-corrected chi connectivity index (χ3v) is 4.70. The molecule has 1 saturated heterocycles. The molecule has 25 heavy (non-hydrogen) atoms. The summed E-state index contributed by atoms with van der Waals surface area (Å²) in [7, 11) is 1.39. The van der Waals surface area contributed by atoms with Crippen molar-refractivity contribution in [1.29, 1.82) is 0 Å². The van der Waals surface area contributed by atoms with E-state index in [-0.39, 0.29) is 18.5 Å². The number of carbonyl (C=O) groups excluding carboxylic acids is 2. The predicted molar refractivity (Wildman–Crippen MR) is 92.2 cm³/mol. The maximum atomic E-state index is 12.2. The molecule has 134 valence electrons. The van der Waals surface area contributed by atoms with Gasteiger partial charge in [-0.05, 0) is 18.9 Å². The van der Waals surface area contributed by atoms with Crippen LogP contribution in [0.3, 0.4) is 0 Å². The van der Waals surface area contributed by atoms with Crippen LogP contribution in [0, 0.1) is 5.92 Å².